The third-order valence-electron chi connectivity index (χ3n) is 10.4. The summed E-state index contributed by atoms with van der Waals surface area (Å²) in [6.45, 7) is 1.45. The number of rotatable bonds is 4. The molecule has 1 amide bonds. The molecule has 2 bridgehead atoms. The van der Waals surface area contributed by atoms with Gasteiger partial charge >= 0.3 is 6.18 Å². The molecule has 9 nitrogen and oxygen atoms in total. The summed E-state index contributed by atoms with van der Waals surface area (Å²) in [5.41, 5.74) is -2.20. The fraction of sp³-hybridized carbons (Fsp3) is 0.516. The lowest BCUT2D eigenvalue weighted by Gasteiger charge is -2.64. The average Bonchev–Trinajstić information content (AvgIpc) is 3.70. The third-order valence-corrected chi connectivity index (χ3v) is 10.4. The highest BCUT2D eigenvalue weighted by Crippen LogP contribution is 2.67. The van der Waals surface area contributed by atoms with Gasteiger partial charge in [-0.25, -0.2) is 0 Å². The molecule has 5 atom stereocenters. The number of hydrogen-bond donors (Lipinski definition) is 2. The number of hydrogen-bond acceptors (Lipinski definition) is 7. The Morgan fingerprint density at radius 3 is 2.60 bits per heavy atom. The van der Waals surface area contributed by atoms with E-state index < -0.39 is 45.7 Å². The highest BCUT2D eigenvalue weighted by molar-refractivity contribution is 5.94. The monoisotopic (exact) mass is 597 g/mol. The minimum absolute atomic E-state index is 0.127. The van der Waals surface area contributed by atoms with Gasteiger partial charge in [0.2, 0.25) is 0 Å². The van der Waals surface area contributed by atoms with Crippen LogP contribution in [-0.2, 0) is 22.8 Å². The molecule has 3 aliphatic carbocycles. The zero-order chi connectivity index (χ0) is 30.5. The normalized spacial score (nSPS) is 30.5. The van der Waals surface area contributed by atoms with Crippen LogP contribution in [0.25, 0.3) is 0 Å². The molecule has 3 fully saturated rings. The van der Waals surface area contributed by atoms with E-state index >= 15 is 0 Å². The lowest BCUT2D eigenvalue weighted by Crippen LogP contribution is -2.78. The number of carbonyl (C=O) groups excluding carboxylic acids is 1. The number of nitrogens with zero attached hydrogens (tertiary/aromatic N) is 3. The number of nitro benzene ring substituents is 1. The molecule has 0 unspecified atom stereocenters. The van der Waals surface area contributed by atoms with E-state index in [0.717, 1.165) is 37.6 Å². The number of likely N-dealkylation sites (tertiary alicyclic amines) is 1. The fourth-order valence-electron chi connectivity index (χ4n) is 8.19. The number of aromatic hydroxyl groups is 1. The molecule has 0 aromatic heterocycles. The van der Waals surface area contributed by atoms with E-state index in [1.54, 1.807) is 7.05 Å². The number of phenols is 1. The Balaban J connectivity index is 1.25. The Hall–Kier alpha value is -3.82. The second-order valence-electron chi connectivity index (χ2n) is 12.5. The maximum absolute atomic E-state index is 13.3. The summed E-state index contributed by atoms with van der Waals surface area (Å²) in [5, 5.41) is 35.7. The second kappa shape index (κ2) is 9.34. The van der Waals surface area contributed by atoms with Crippen LogP contribution in [0.3, 0.4) is 0 Å². The number of phenolic OH excluding ortho intramolecular Hbond substituents is 1. The van der Waals surface area contributed by atoms with Crippen molar-refractivity contribution in [3.63, 3.8) is 0 Å². The first-order valence-corrected chi connectivity index (χ1v) is 14.5. The van der Waals surface area contributed by atoms with Gasteiger partial charge in [-0.1, -0.05) is 5.92 Å². The Morgan fingerprint density at radius 2 is 1.95 bits per heavy atom. The number of alkyl halides is 3. The van der Waals surface area contributed by atoms with E-state index in [-0.39, 0.29) is 35.2 Å². The van der Waals surface area contributed by atoms with Crippen molar-refractivity contribution in [2.45, 2.75) is 73.9 Å². The number of halogens is 3. The molecular weight excluding hydrogens is 567 g/mol. The van der Waals surface area contributed by atoms with Gasteiger partial charge in [0.15, 0.2) is 11.5 Å². The van der Waals surface area contributed by atoms with Crippen molar-refractivity contribution in [2.24, 2.45) is 5.92 Å². The van der Waals surface area contributed by atoms with Gasteiger partial charge in [0.25, 0.3) is 11.6 Å². The number of nitro groups is 1. The minimum Gasteiger partial charge on any atom is -0.504 e. The summed E-state index contributed by atoms with van der Waals surface area (Å²) in [5.74, 6) is 4.87. The van der Waals surface area contributed by atoms with Gasteiger partial charge < -0.3 is 19.8 Å². The van der Waals surface area contributed by atoms with Crippen LogP contribution in [0.15, 0.2) is 30.3 Å². The zero-order valence-electron chi connectivity index (χ0n) is 23.4. The molecule has 2 aliphatic heterocycles. The molecule has 2 heterocycles. The molecule has 5 aliphatic rings. The molecular formula is C31H30F3N3O6. The molecule has 43 heavy (non-hydrogen) atoms. The van der Waals surface area contributed by atoms with Crippen LogP contribution < -0.4 is 4.74 Å². The number of ether oxygens (including phenoxy) is 1. The lowest BCUT2D eigenvalue weighted by molar-refractivity contribution is -0.386. The number of piperidine rings is 1. The van der Waals surface area contributed by atoms with E-state index in [1.165, 1.54) is 17.0 Å². The smallest absolute Gasteiger partial charge is 0.416 e. The fourth-order valence-corrected chi connectivity index (χ4v) is 8.19. The predicted molar refractivity (Wildman–Crippen MR) is 146 cm³/mol. The van der Waals surface area contributed by atoms with Crippen molar-refractivity contribution in [1.29, 1.82) is 0 Å². The predicted octanol–water partition coefficient (Wildman–Crippen LogP) is 3.76. The van der Waals surface area contributed by atoms with Crippen LogP contribution in [0.1, 0.15) is 54.4 Å². The molecule has 2 aromatic carbocycles. The van der Waals surface area contributed by atoms with E-state index in [1.807, 2.05) is 0 Å². The largest absolute Gasteiger partial charge is 0.504 e. The quantitative estimate of drug-likeness (QED) is 0.313. The maximum Gasteiger partial charge on any atom is 0.416 e. The van der Waals surface area contributed by atoms with Crippen molar-refractivity contribution in [2.75, 3.05) is 20.1 Å². The summed E-state index contributed by atoms with van der Waals surface area (Å²) in [7, 11) is 1.56. The number of aliphatic hydroxyl groups is 1. The van der Waals surface area contributed by atoms with Crippen molar-refractivity contribution >= 4 is 11.6 Å². The molecule has 226 valence electrons. The van der Waals surface area contributed by atoms with Crippen LogP contribution >= 0.6 is 0 Å². The number of benzene rings is 2. The molecule has 2 N–H and O–H groups in total. The van der Waals surface area contributed by atoms with Crippen molar-refractivity contribution < 1.29 is 37.8 Å². The SMILES string of the molecule is CN(C(=O)C#Cc1ccc(C(F)(F)F)cc1)[C@@H]1CC[C@@]2(O)[C@H]3Cc4c([N+](=O)[O-])cc(O)c5c4[C@@]2(CCN3CC2CC2)[C@H]1O5. The number of amides is 1. The molecule has 2 aromatic rings. The molecule has 12 heteroatoms. The lowest BCUT2D eigenvalue weighted by atomic mass is 9.48. The van der Waals surface area contributed by atoms with Gasteiger partial charge in [0, 0.05) is 42.2 Å². The van der Waals surface area contributed by atoms with E-state index in [9.17, 15) is 38.3 Å². The summed E-state index contributed by atoms with van der Waals surface area (Å²) >= 11 is 0. The molecule has 2 saturated carbocycles. The highest BCUT2D eigenvalue weighted by atomic mass is 19.4. The van der Waals surface area contributed by atoms with E-state index in [2.05, 4.69) is 16.7 Å². The van der Waals surface area contributed by atoms with Crippen molar-refractivity contribution in [3.05, 3.63) is 62.7 Å². The van der Waals surface area contributed by atoms with E-state index in [0.29, 0.717) is 42.9 Å². The van der Waals surface area contributed by atoms with Gasteiger partial charge in [-0.3, -0.25) is 19.8 Å². The first-order chi connectivity index (χ1) is 20.3. The zero-order valence-corrected chi connectivity index (χ0v) is 23.4. The standard InChI is InChI=1S/C31H30F3N3O6/c1-35(25(39)9-6-17-4-7-19(8-5-17)31(32,33)34)21-10-11-30(40)24-14-20-22(37(41)42)15-23(38)27-26(20)29(30,28(21)43-27)12-13-36(24)16-18-2-3-18/h4-5,7-8,15,18,21,24,28,38,40H,2-3,10-14,16H2,1H3/t21-,24-,28+,29+,30-/m1/s1. The van der Waals surface area contributed by atoms with Gasteiger partial charge in [-0.2, -0.15) is 13.2 Å². The Labute approximate surface area is 245 Å². The van der Waals surface area contributed by atoms with E-state index in [4.69, 9.17) is 4.74 Å². The van der Waals surface area contributed by atoms with Crippen LogP contribution in [0.2, 0.25) is 0 Å². The van der Waals surface area contributed by atoms with Gasteiger partial charge in [-0.15, -0.1) is 0 Å². The summed E-state index contributed by atoms with van der Waals surface area (Å²) in [4.78, 5) is 28.7. The topological polar surface area (TPSA) is 116 Å². The second-order valence-corrected chi connectivity index (χ2v) is 12.5. The van der Waals surface area contributed by atoms with Gasteiger partial charge in [0.1, 0.15) is 6.10 Å². The van der Waals surface area contributed by atoms with Crippen molar-refractivity contribution in [3.8, 4) is 23.3 Å². The first-order valence-electron chi connectivity index (χ1n) is 14.5. The van der Waals surface area contributed by atoms with Crippen molar-refractivity contribution in [1.82, 2.24) is 9.80 Å². The first kappa shape index (κ1) is 28.0. The Morgan fingerprint density at radius 1 is 1.23 bits per heavy atom. The Kier molecular flexibility index (Phi) is 6.08. The molecule has 1 saturated heterocycles. The minimum atomic E-state index is -4.48. The Bertz CT molecular complexity index is 1600. The summed E-state index contributed by atoms with van der Waals surface area (Å²) < 4.78 is 45.2. The molecule has 7 rings (SSSR count). The number of carbonyl (C=O) groups is 1. The van der Waals surface area contributed by atoms with Crippen LogP contribution in [0.5, 0.6) is 11.5 Å². The molecule has 1 spiro atoms. The third kappa shape index (κ3) is 4.04. The van der Waals surface area contributed by atoms with Crippen LogP contribution in [0.4, 0.5) is 18.9 Å². The molecule has 0 radical (unpaired) electrons. The van der Waals surface area contributed by atoms with Crippen LogP contribution in [0, 0.1) is 27.9 Å². The highest BCUT2D eigenvalue weighted by Gasteiger charge is 2.74. The van der Waals surface area contributed by atoms with Gasteiger partial charge in [-0.05, 0) is 75.3 Å². The average molecular weight is 598 g/mol. The van der Waals surface area contributed by atoms with Crippen LogP contribution in [-0.4, -0.2) is 74.8 Å². The maximum atomic E-state index is 13.3. The van der Waals surface area contributed by atoms with Gasteiger partial charge in [0.05, 0.1) is 33.6 Å². The summed E-state index contributed by atoms with van der Waals surface area (Å²) in [6, 6.07) is 4.37. The summed E-state index contributed by atoms with van der Waals surface area (Å²) in [6.07, 6.45) is -1.65. The number of likely N-dealkylation sites (N-methyl/N-ethyl adjacent to an activating group) is 1.